The number of benzene rings is 1. The van der Waals surface area contributed by atoms with Gasteiger partial charge in [-0.2, -0.15) is 0 Å². The predicted molar refractivity (Wildman–Crippen MR) is 128 cm³/mol. The van der Waals surface area contributed by atoms with Crippen LogP contribution < -0.4 is 0 Å². The minimum Gasteiger partial charge on any atom is -0.480 e. The Balaban J connectivity index is 2.09. The van der Waals surface area contributed by atoms with Gasteiger partial charge in [0, 0.05) is 73.0 Å². The molecule has 12 heteroatoms. The number of hydrogen-bond acceptors (Lipinski definition) is 7. The van der Waals surface area contributed by atoms with Crippen LogP contribution in [0.3, 0.4) is 0 Å². The van der Waals surface area contributed by atoms with Crippen molar-refractivity contribution < 1.29 is 34.6 Å². The Morgan fingerprint density at radius 3 is 1.68 bits per heavy atom. The third kappa shape index (κ3) is 10.8. The van der Waals surface area contributed by atoms with Crippen molar-refractivity contribution in [1.82, 2.24) is 19.6 Å². The molecule has 0 aromatic heterocycles. The average molecular weight is 499 g/mol. The van der Waals surface area contributed by atoms with Crippen LogP contribution in [0.2, 0.25) is 0 Å². The van der Waals surface area contributed by atoms with Crippen molar-refractivity contribution in [2.45, 2.75) is 13.1 Å². The van der Waals surface area contributed by atoms with E-state index in [1.54, 1.807) is 9.80 Å². The molecule has 1 aromatic carbocycles. The van der Waals surface area contributed by atoms with E-state index in [-0.39, 0.29) is 32.7 Å². The molecule has 1 aromatic rings. The van der Waals surface area contributed by atoms with Crippen LogP contribution in [-0.2, 0) is 15.8 Å². The zero-order chi connectivity index (χ0) is 25.1. The van der Waals surface area contributed by atoms with Gasteiger partial charge in [0.05, 0.1) is 13.1 Å². The Kier molecular flexibility index (Phi) is 11.7. The SMILES string of the molecule is Cc1ccc(CP(O)CN2CCN(CC(=O)O)CCN(CC(=O)O)CCN(C(=O)O)CC2)cc1. The molecule has 1 aliphatic heterocycles. The Hall–Kier alpha value is -2.30. The van der Waals surface area contributed by atoms with Crippen LogP contribution in [-0.4, -0.2) is 130 Å². The maximum absolute atomic E-state index is 11.7. The first kappa shape index (κ1) is 27.9. The predicted octanol–water partition coefficient (Wildman–Crippen LogP) is 0.911. The van der Waals surface area contributed by atoms with E-state index in [1.807, 2.05) is 36.1 Å². The van der Waals surface area contributed by atoms with E-state index >= 15 is 0 Å². The van der Waals surface area contributed by atoms with Crippen molar-refractivity contribution in [3.63, 3.8) is 0 Å². The molecule has 1 aliphatic rings. The summed E-state index contributed by atoms with van der Waals surface area (Å²) in [5.74, 6) is -1.99. The molecule has 0 bridgehead atoms. The van der Waals surface area contributed by atoms with Gasteiger partial charge >= 0.3 is 18.0 Å². The van der Waals surface area contributed by atoms with E-state index in [9.17, 15) is 34.6 Å². The van der Waals surface area contributed by atoms with Crippen LogP contribution in [0.4, 0.5) is 4.79 Å². The Bertz CT molecular complexity index is 811. The summed E-state index contributed by atoms with van der Waals surface area (Å²) in [5.41, 5.74) is 2.18. The molecular formula is C22H35N4O7P. The maximum Gasteiger partial charge on any atom is 0.407 e. The van der Waals surface area contributed by atoms with Crippen LogP contribution in [0.25, 0.3) is 0 Å². The molecular weight excluding hydrogens is 463 g/mol. The number of rotatable bonds is 8. The fourth-order valence-corrected chi connectivity index (χ4v) is 5.23. The third-order valence-corrected chi connectivity index (χ3v) is 7.13. The molecule has 1 fully saturated rings. The van der Waals surface area contributed by atoms with Gasteiger partial charge in [-0.15, -0.1) is 0 Å². The van der Waals surface area contributed by atoms with E-state index in [2.05, 4.69) is 0 Å². The average Bonchev–Trinajstić information content (AvgIpc) is 2.74. The maximum atomic E-state index is 11.7. The molecule has 1 amide bonds. The van der Waals surface area contributed by atoms with Gasteiger partial charge in [0.1, 0.15) is 0 Å². The minimum absolute atomic E-state index is 0.145. The van der Waals surface area contributed by atoms with Gasteiger partial charge in [0.25, 0.3) is 0 Å². The fourth-order valence-electron chi connectivity index (χ4n) is 3.75. The molecule has 11 nitrogen and oxygen atoms in total. The molecule has 1 heterocycles. The number of carboxylic acids is 2. The normalized spacial score (nSPS) is 18.6. The first-order valence-corrected chi connectivity index (χ1v) is 12.9. The molecule has 4 N–H and O–H groups in total. The van der Waals surface area contributed by atoms with Crippen LogP contribution in [0.1, 0.15) is 11.1 Å². The monoisotopic (exact) mass is 498 g/mol. The highest BCUT2D eigenvalue weighted by atomic mass is 31.1. The number of aliphatic carboxylic acids is 2. The Morgan fingerprint density at radius 1 is 0.765 bits per heavy atom. The number of carbonyl (C=O) groups is 3. The molecule has 34 heavy (non-hydrogen) atoms. The van der Waals surface area contributed by atoms with E-state index < -0.39 is 26.2 Å². The molecule has 0 aliphatic carbocycles. The van der Waals surface area contributed by atoms with Crippen molar-refractivity contribution in [2.75, 3.05) is 71.7 Å². The minimum atomic E-state index is -1.36. The van der Waals surface area contributed by atoms with E-state index in [0.29, 0.717) is 45.2 Å². The van der Waals surface area contributed by atoms with Gasteiger partial charge in [-0.3, -0.25) is 24.3 Å². The topological polar surface area (TPSA) is 145 Å². The molecule has 0 spiro atoms. The summed E-state index contributed by atoms with van der Waals surface area (Å²) >= 11 is 0. The highest BCUT2D eigenvalue weighted by molar-refractivity contribution is 7.50. The zero-order valence-corrected chi connectivity index (χ0v) is 20.4. The second-order valence-electron chi connectivity index (χ2n) is 8.52. The van der Waals surface area contributed by atoms with Crippen molar-refractivity contribution in [2.24, 2.45) is 0 Å². The smallest absolute Gasteiger partial charge is 0.407 e. The lowest BCUT2D eigenvalue weighted by molar-refractivity contribution is -0.140. The highest BCUT2D eigenvalue weighted by Gasteiger charge is 2.22. The number of aryl methyl sites for hydroxylation is 1. The summed E-state index contributed by atoms with van der Waals surface area (Å²) in [5, 5.41) is 28.0. The number of nitrogens with zero attached hydrogens (tertiary/aromatic N) is 4. The van der Waals surface area contributed by atoms with Crippen molar-refractivity contribution in [1.29, 1.82) is 0 Å². The Labute approximate surface area is 201 Å². The molecule has 1 atom stereocenters. The second kappa shape index (κ2) is 14.2. The van der Waals surface area contributed by atoms with Gasteiger partial charge in [0.2, 0.25) is 0 Å². The van der Waals surface area contributed by atoms with Crippen molar-refractivity contribution in [3.8, 4) is 0 Å². The van der Waals surface area contributed by atoms with E-state index in [4.69, 9.17) is 0 Å². The van der Waals surface area contributed by atoms with Gasteiger partial charge in [-0.25, -0.2) is 4.79 Å². The van der Waals surface area contributed by atoms with E-state index in [1.165, 1.54) is 4.90 Å². The molecule has 2 rings (SSSR count). The van der Waals surface area contributed by atoms with Crippen molar-refractivity contribution in [3.05, 3.63) is 35.4 Å². The molecule has 0 radical (unpaired) electrons. The van der Waals surface area contributed by atoms with Gasteiger partial charge in [-0.05, 0) is 12.5 Å². The fraction of sp³-hybridized carbons (Fsp3) is 0.591. The summed E-state index contributed by atoms with van der Waals surface area (Å²) in [4.78, 5) is 51.6. The first-order chi connectivity index (χ1) is 16.1. The molecule has 1 saturated heterocycles. The quantitative estimate of drug-likeness (QED) is 0.382. The van der Waals surface area contributed by atoms with Crippen LogP contribution in [0.15, 0.2) is 24.3 Å². The van der Waals surface area contributed by atoms with Crippen molar-refractivity contribution >= 4 is 26.2 Å². The van der Waals surface area contributed by atoms with Crippen LogP contribution >= 0.6 is 8.15 Å². The third-order valence-electron chi connectivity index (χ3n) is 5.67. The summed E-state index contributed by atoms with van der Waals surface area (Å²) in [7, 11) is -1.36. The summed E-state index contributed by atoms with van der Waals surface area (Å²) in [6.07, 6.45) is -0.161. The second-order valence-corrected chi connectivity index (χ2v) is 10.1. The summed E-state index contributed by atoms with van der Waals surface area (Å²) < 4.78 is 0. The molecule has 1 unspecified atom stereocenters. The first-order valence-electron chi connectivity index (χ1n) is 11.2. The lowest BCUT2D eigenvalue weighted by atomic mass is 10.2. The standard InChI is InChI=1S/C22H35N4O7P/c1-18-2-4-19(5-3-18)16-34(33)17-25-9-8-23(14-20(27)28)6-7-24(15-21(29)30)10-12-26(13-11-25)22(31)32/h2-5,33H,6-17H2,1H3,(H,27,28)(H,29,30)(H,31,32). The van der Waals surface area contributed by atoms with Gasteiger partial charge in [0.15, 0.2) is 0 Å². The Morgan fingerprint density at radius 2 is 1.21 bits per heavy atom. The van der Waals surface area contributed by atoms with Crippen LogP contribution in [0, 0.1) is 6.92 Å². The number of carboxylic acid groups (broad SMARTS) is 3. The van der Waals surface area contributed by atoms with Gasteiger partial charge in [-0.1, -0.05) is 29.8 Å². The zero-order valence-electron chi connectivity index (χ0n) is 19.5. The lowest BCUT2D eigenvalue weighted by Gasteiger charge is -2.33. The molecule has 0 saturated carbocycles. The van der Waals surface area contributed by atoms with Gasteiger partial charge < -0.3 is 25.1 Å². The number of amides is 1. The lowest BCUT2D eigenvalue weighted by Crippen LogP contribution is -2.48. The van der Waals surface area contributed by atoms with E-state index in [0.717, 1.165) is 11.1 Å². The highest BCUT2D eigenvalue weighted by Crippen LogP contribution is 2.35. The number of hydrogen-bond donors (Lipinski definition) is 4. The summed E-state index contributed by atoms with van der Waals surface area (Å²) in [6, 6.07) is 7.97. The largest absolute Gasteiger partial charge is 0.480 e. The van der Waals surface area contributed by atoms with Crippen LogP contribution in [0.5, 0.6) is 0 Å². The summed E-state index contributed by atoms with van der Waals surface area (Å²) in [6.45, 7) is 4.10. The molecule has 190 valence electrons.